The van der Waals surface area contributed by atoms with E-state index in [9.17, 15) is 8.42 Å². The Morgan fingerprint density at radius 3 is 2.29 bits per heavy atom. The SMILES string of the molecule is CS(=O)(=O)OCC(CCCOc1c(Br)cc(Br)cc1Br)c1ccc(Cl)cc1Cl. The first-order valence-electron chi connectivity index (χ1n) is 8.13. The lowest BCUT2D eigenvalue weighted by molar-refractivity contribution is 0.263. The molecule has 0 aromatic heterocycles. The fourth-order valence-electron chi connectivity index (χ4n) is 2.54. The van der Waals surface area contributed by atoms with Gasteiger partial charge in [0.15, 0.2) is 0 Å². The molecular formula is C18H17Br3Cl2O4S. The van der Waals surface area contributed by atoms with Gasteiger partial charge in [0.1, 0.15) is 5.75 Å². The lowest BCUT2D eigenvalue weighted by Gasteiger charge is -2.19. The van der Waals surface area contributed by atoms with Crippen LogP contribution in [-0.2, 0) is 14.3 Å². The van der Waals surface area contributed by atoms with Crippen LogP contribution in [0.2, 0.25) is 10.0 Å². The summed E-state index contributed by atoms with van der Waals surface area (Å²) < 4.78 is 36.3. The molecule has 2 rings (SSSR count). The molecule has 0 N–H and O–H groups in total. The number of rotatable bonds is 9. The van der Waals surface area contributed by atoms with E-state index >= 15 is 0 Å². The maximum absolute atomic E-state index is 11.4. The molecule has 0 saturated carbocycles. The van der Waals surface area contributed by atoms with Crippen molar-refractivity contribution in [2.24, 2.45) is 0 Å². The molecule has 1 atom stereocenters. The number of hydrogen-bond donors (Lipinski definition) is 0. The van der Waals surface area contributed by atoms with E-state index in [2.05, 4.69) is 47.8 Å². The Morgan fingerprint density at radius 1 is 1.07 bits per heavy atom. The fraction of sp³-hybridized carbons (Fsp3) is 0.333. The number of benzene rings is 2. The maximum atomic E-state index is 11.4. The third-order valence-electron chi connectivity index (χ3n) is 3.79. The van der Waals surface area contributed by atoms with E-state index in [4.69, 9.17) is 32.1 Å². The molecule has 0 amide bonds. The van der Waals surface area contributed by atoms with Crippen LogP contribution in [0.5, 0.6) is 5.75 Å². The molecule has 0 saturated heterocycles. The summed E-state index contributed by atoms with van der Waals surface area (Å²) >= 11 is 22.6. The summed E-state index contributed by atoms with van der Waals surface area (Å²) in [4.78, 5) is 0. The quantitative estimate of drug-likeness (QED) is 0.215. The van der Waals surface area contributed by atoms with E-state index in [1.807, 2.05) is 12.1 Å². The maximum Gasteiger partial charge on any atom is 0.264 e. The molecule has 10 heteroatoms. The van der Waals surface area contributed by atoms with Crippen LogP contribution in [0.1, 0.15) is 24.3 Å². The molecule has 154 valence electrons. The molecule has 0 radical (unpaired) electrons. The van der Waals surface area contributed by atoms with Gasteiger partial charge >= 0.3 is 0 Å². The van der Waals surface area contributed by atoms with Gasteiger partial charge in [-0.3, -0.25) is 4.18 Å². The summed E-state index contributed by atoms with van der Waals surface area (Å²) in [5.74, 6) is 0.497. The summed E-state index contributed by atoms with van der Waals surface area (Å²) in [6, 6.07) is 8.96. The van der Waals surface area contributed by atoms with Gasteiger partial charge in [-0.1, -0.05) is 45.2 Å². The zero-order valence-electron chi connectivity index (χ0n) is 14.7. The first-order valence-corrected chi connectivity index (χ1v) is 13.1. The van der Waals surface area contributed by atoms with Crippen LogP contribution in [0.3, 0.4) is 0 Å². The van der Waals surface area contributed by atoms with Crippen molar-refractivity contribution >= 4 is 81.1 Å². The van der Waals surface area contributed by atoms with Crippen molar-refractivity contribution in [2.45, 2.75) is 18.8 Å². The third kappa shape index (κ3) is 7.78. The highest BCUT2D eigenvalue weighted by atomic mass is 79.9. The molecular weight excluding hydrogens is 623 g/mol. The Balaban J connectivity index is 2.04. The van der Waals surface area contributed by atoms with Crippen molar-refractivity contribution in [1.82, 2.24) is 0 Å². The molecule has 2 aromatic rings. The van der Waals surface area contributed by atoms with Crippen molar-refractivity contribution in [2.75, 3.05) is 19.5 Å². The van der Waals surface area contributed by atoms with Gasteiger partial charge in [0.2, 0.25) is 0 Å². The van der Waals surface area contributed by atoms with Gasteiger partial charge in [0.05, 0.1) is 28.4 Å². The molecule has 0 bridgehead atoms. The monoisotopic (exact) mass is 636 g/mol. The Kier molecular flexibility index (Phi) is 9.58. The zero-order valence-corrected chi connectivity index (χ0v) is 21.8. The minimum Gasteiger partial charge on any atom is -0.491 e. The lowest BCUT2D eigenvalue weighted by atomic mass is 9.95. The normalized spacial score (nSPS) is 12.8. The topological polar surface area (TPSA) is 52.6 Å². The predicted molar refractivity (Wildman–Crippen MR) is 124 cm³/mol. The Bertz CT molecular complexity index is 915. The first kappa shape index (κ1) is 24.4. The van der Waals surface area contributed by atoms with E-state index in [0.29, 0.717) is 35.2 Å². The standard InChI is InChI=1S/C18H17Br3Cl2O4S/c1-28(24,25)27-10-11(14-5-4-13(22)9-17(14)23)3-2-6-26-18-15(20)7-12(19)8-16(18)21/h4-5,7-9,11H,2-3,6,10H2,1H3. The van der Waals surface area contributed by atoms with Gasteiger partial charge in [-0.05, 0) is 74.5 Å². The van der Waals surface area contributed by atoms with Gasteiger partial charge in [-0.15, -0.1) is 0 Å². The van der Waals surface area contributed by atoms with E-state index in [-0.39, 0.29) is 12.5 Å². The smallest absolute Gasteiger partial charge is 0.264 e. The molecule has 0 fully saturated rings. The first-order chi connectivity index (χ1) is 13.1. The summed E-state index contributed by atoms with van der Waals surface area (Å²) in [6.45, 7) is 0.450. The highest BCUT2D eigenvalue weighted by Crippen LogP contribution is 2.37. The number of ether oxygens (including phenoxy) is 1. The van der Waals surface area contributed by atoms with Crippen molar-refractivity contribution in [3.8, 4) is 5.75 Å². The number of halogens is 5. The summed E-state index contributed by atoms with van der Waals surface area (Å²) in [6.07, 6.45) is 2.33. The van der Waals surface area contributed by atoms with E-state index < -0.39 is 10.1 Å². The van der Waals surface area contributed by atoms with Crippen molar-refractivity contribution < 1.29 is 17.3 Å². The van der Waals surface area contributed by atoms with Crippen LogP contribution in [0.4, 0.5) is 0 Å². The Labute approximate surface area is 200 Å². The minimum absolute atomic E-state index is 0.00581. The van der Waals surface area contributed by atoms with Crippen LogP contribution in [-0.4, -0.2) is 27.9 Å². The molecule has 4 nitrogen and oxygen atoms in total. The molecule has 0 aliphatic rings. The van der Waals surface area contributed by atoms with E-state index in [1.165, 1.54) is 0 Å². The van der Waals surface area contributed by atoms with Crippen LogP contribution >= 0.6 is 71.0 Å². The second kappa shape index (κ2) is 11.0. The fourth-order valence-corrected chi connectivity index (χ4v) is 6.00. The van der Waals surface area contributed by atoms with Crippen molar-refractivity contribution in [1.29, 1.82) is 0 Å². The zero-order chi connectivity index (χ0) is 20.9. The van der Waals surface area contributed by atoms with Crippen LogP contribution < -0.4 is 4.74 Å². The third-order valence-corrected chi connectivity index (χ3v) is 6.55. The van der Waals surface area contributed by atoms with Gasteiger partial charge in [0.25, 0.3) is 10.1 Å². The van der Waals surface area contributed by atoms with Gasteiger partial charge in [-0.2, -0.15) is 8.42 Å². The molecule has 1 unspecified atom stereocenters. The average Bonchev–Trinajstić information content (AvgIpc) is 2.55. The minimum atomic E-state index is -3.55. The highest BCUT2D eigenvalue weighted by molar-refractivity contribution is 9.11. The van der Waals surface area contributed by atoms with E-state index in [1.54, 1.807) is 18.2 Å². The molecule has 0 aliphatic carbocycles. The summed E-state index contributed by atoms with van der Waals surface area (Å²) in [5, 5.41) is 0.999. The molecule has 28 heavy (non-hydrogen) atoms. The molecule has 0 heterocycles. The average molecular weight is 640 g/mol. The van der Waals surface area contributed by atoms with E-state index in [0.717, 1.165) is 25.2 Å². The summed E-state index contributed by atoms with van der Waals surface area (Å²) in [5.41, 5.74) is 0.792. The largest absolute Gasteiger partial charge is 0.491 e. The molecule has 2 aromatic carbocycles. The van der Waals surface area contributed by atoms with Crippen LogP contribution in [0, 0.1) is 0 Å². The lowest BCUT2D eigenvalue weighted by Crippen LogP contribution is -2.14. The highest BCUT2D eigenvalue weighted by Gasteiger charge is 2.18. The van der Waals surface area contributed by atoms with Gasteiger partial charge in [-0.25, -0.2) is 0 Å². The van der Waals surface area contributed by atoms with Crippen LogP contribution in [0.25, 0.3) is 0 Å². The second-order valence-corrected chi connectivity index (χ2v) is 11.2. The molecule has 0 aliphatic heterocycles. The second-order valence-electron chi connectivity index (χ2n) is 6.04. The van der Waals surface area contributed by atoms with Crippen LogP contribution in [0.15, 0.2) is 43.7 Å². The van der Waals surface area contributed by atoms with Gasteiger partial charge in [0, 0.05) is 20.4 Å². The summed E-state index contributed by atoms with van der Waals surface area (Å²) in [7, 11) is -3.55. The Hall–Kier alpha value is 0.170. The van der Waals surface area contributed by atoms with Crippen molar-refractivity contribution in [3.63, 3.8) is 0 Å². The van der Waals surface area contributed by atoms with Gasteiger partial charge < -0.3 is 4.74 Å². The van der Waals surface area contributed by atoms with Crippen molar-refractivity contribution in [3.05, 3.63) is 59.4 Å². The Morgan fingerprint density at radius 2 is 1.71 bits per heavy atom. The number of hydrogen-bond acceptors (Lipinski definition) is 4. The molecule has 0 spiro atoms. The predicted octanol–water partition coefficient (Wildman–Crippen LogP) is 7.20.